The van der Waals surface area contributed by atoms with Crippen LogP contribution in [0.5, 0.6) is 0 Å². The molecule has 0 amide bonds. The lowest BCUT2D eigenvalue weighted by molar-refractivity contribution is -0.121. The Morgan fingerprint density at radius 1 is 1.45 bits per heavy atom. The Kier molecular flexibility index (Phi) is 2.09. The van der Waals surface area contributed by atoms with Gasteiger partial charge in [-0.3, -0.25) is 4.79 Å². The highest BCUT2D eigenvalue weighted by atomic mass is 35.5. The molecule has 0 aromatic heterocycles. The van der Waals surface area contributed by atoms with E-state index in [2.05, 4.69) is 0 Å². The van der Waals surface area contributed by atoms with Crippen molar-refractivity contribution in [2.45, 2.75) is 5.92 Å². The highest BCUT2D eigenvalue weighted by molar-refractivity contribution is 6.64. The van der Waals surface area contributed by atoms with E-state index in [0.29, 0.717) is 6.08 Å². The van der Waals surface area contributed by atoms with Crippen LogP contribution in [0.15, 0.2) is 24.3 Å². The SMILES string of the molecule is O=C(Cl)C1C=CC=CC1(F)F. The first kappa shape index (κ1) is 8.40. The van der Waals surface area contributed by atoms with Crippen molar-refractivity contribution >= 4 is 16.8 Å². The summed E-state index contributed by atoms with van der Waals surface area (Å²) < 4.78 is 25.4. The van der Waals surface area contributed by atoms with Crippen LogP contribution in [0.1, 0.15) is 0 Å². The van der Waals surface area contributed by atoms with E-state index in [1.54, 1.807) is 0 Å². The zero-order valence-corrected chi connectivity index (χ0v) is 6.18. The van der Waals surface area contributed by atoms with Gasteiger partial charge >= 0.3 is 0 Å². The summed E-state index contributed by atoms with van der Waals surface area (Å²) in [6.07, 6.45) is 4.33. The molecule has 0 spiro atoms. The molecule has 0 aliphatic heterocycles. The second-order valence-electron chi connectivity index (χ2n) is 2.20. The molecular weight excluding hydrogens is 174 g/mol. The zero-order valence-electron chi connectivity index (χ0n) is 5.43. The van der Waals surface area contributed by atoms with E-state index in [1.807, 2.05) is 0 Å². The van der Waals surface area contributed by atoms with Crippen LogP contribution in [0.4, 0.5) is 8.78 Å². The highest BCUT2D eigenvalue weighted by Crippen LogP contribution is 2.31. The molecule has 11 heavy (non-hydrogen) atoms. The number of halogens is 3. The topological polar surface area (TPSA) is 17.1 Å². The fourth-order valence-electron chi connectivity index (χ4n) is 0.818. The smallest absolute Gasteiger partial charge is 0.280 e. The number of hydrogen-bond donors (Lipinski definition) is 0. The molecule has 1 rings (SSSR count). The maximum absolute atomic E-state index is 12.7. The van der Waals surface area contributed by atoms with Gasteiger partial charge in [-0.1, -0.05) is 18.2 Å². The molecule has 1 unspecified atom stereocenters. The quantitative estimate of drug-likeness (QED) is 0.563. The molecule has 0 N–H and O–H groups in total. The van der Waals surface area contributed by atoms with Crippen molar-refractivity contribution in [2.24, 2.45) is 5.92 Å². The molecule has 0 aromatic rings. The molecule has 60 valence electrons. The number of carbonyl (C=O) groups excluding carboxylic acids is 1. The van der Waals surface area contributed by atoms with Crippen LogP contribution in [0.25, 0.3) is 0 Å². The van der Waals surface area contributed by atoms with Crippen LogP contribution in [0.2, 0.25) is 0 Å². The molecule has 0 heterocycles. The minimum Gasteiger partial charge on any atom is -0.280 e. The van der Waals surface area contributed by atoms with Gasteiger partial charge in [0.1, 0.15) is 5.92 Å². The summed E-state index contributed by atoms with van der Waals surface area (Å²) in [5, 5.41) is -1.03. The second kappa shape index (κ2) is 2.74. The van der Waals surface area contributed by atoms with E-state index in [9.17, 15) is 13.6 Å². The van der Waals surface area contributed by atoms with Crippen LogP contribution in [-0.4, -0.2) is 11.2 Å². The Bertz CT molecular complexity index is 233. The Balaban J connectivity index is 2.89. The number of alkyl halides is 2. The molecule has 0 saturated heterocycles. The fraction of sp³-hybridized carbons (Fsp3) is 0.286. The summed E-state index contributed by atoms with van der Waals surface area (Å²) in [6, 6.07) is 0. The zero-order chi connectivity index (χ0) is 8.48. The van der Waals surface area contributed by atoms with Crippen LogP contribution >= 0.6 is 11.6 Å². The van der Waals surface area contributed by atoms with Crippen molar-refractivity contribution in [3.8, 4) is 0 Å². The molecular formula is C7H5ClF2O. The van der Waals surface area contributed by atoms with Crippen molar-refractivity contribution < 1.29 is 13.6 Å². The lowest BCUT2D eigenvalue weighted by atomic mass is 9.98. The van der Waals surface area contributed by atoms with Crippen molar-refractivity contribution in [1.82, 2.24) is 0 Å². The molecule has 1 aliphatic carbocycles. The van der Waals surface area contributed by atoms with Crippen molar-refractivity contribution in [3.05, 3.63) is 24.3 Å². The average molecular weight is 179 g/mol. The normalized spacial score (nSPS) is 27.0. The molecule has 0 saturated carbocycles. The largest absolute Gasteiger partial charge is 0.281 e. The minimum absolute atomic E-state index is 0.665. The summed E-state index contributed by atoms with van der Waals surface area (Å²) >= 11 is 4.94. The fourth-order valence-corrected chi connectivity index (χ4v) is 1.04. The van der Waals surface area contributed by atoms with Gasteiger partial charge in [0.25, 0.3) is 5.92 Å². The molecule has 4 heteroatoms. The standard InChI is InChI=1S/C7H5ClF2O/c8-6(11)5-3-1-2-4-7(5,9)10/h1-5H. The van der Waals surface area contributed by atoms with Crippen LogP contribution in [0.3, 0.4) is 0 Å². The molecule has 0 bridgehead atoms. The monoisotopic (exact) mass is 178 g/mol. The van der Waals surface area contributed by atoms with Crippen molar-refractivity contribution in [1.29, 1.82) is 0 Å². The maximum Gasteiger partial charge on any atom is 0.281 e. The highest BCUT2D eigenvalue weighted by Gasteiger charge is 2.40. The first-order valence-electron chi connectivity index (χ1n) is 2.97. The first-order valence-corrected chi connectivity index (χ1v) is 3.35. The Labute approximate surface area is 67.3 Å². The summed E-state index contributed by atoms with van der Waals surface area (Å²) in [5.74, 6) is -4.64. The van der Waals surface area contributed by atoms with E-state index in [-0.39, 0.29) is 0 Å². The summed E-state index contributed by atoms with van der Waals surface area (Å²) in [4.78, 5) is 10.4. The predicted octanol–water partition coefficient (Wildman–Crippen LogP) is 2.13. The Morgan fingerprint density at radius 2 is 2.09 bits per heavy atom. The first-order chi connectivity index (χ1) is 5.04. The predicted molar refractivity (Wildman–Crippen MR) is 37.6 cm³/mol. The summed E-state index contributed by atoms with van der Waals surface area (Å²) in [5.41, 5.74) is 0. The maximum atomic E-state index is 12.7. The van der Waals surface area contributed by atoms with E-state index in [4.69, 9.17) is 11.6 Å². The van der Waals surface area contributed by atoms with E-state index in [0.717, 1.165) is 6.08 Å². The third kappa shape index (κ3) is 1.66. The van der Waals surface area contributed by atoms with Gasteiger partial charge < -0.3 is 0 Å². The molecule has 1 nitrogen and oxygen atoms in total. The van der Waals surface area contributed by atoms with Crippen molar-refractivity contribution in [3.63, 3.8) is 0 Å². The van der Waals surface area contributed by atoms with Crippen LogP contribution < -0.4 is 0 Å². The van der Waals surface area contributed by atoms with Crippen molar-refractivity contribution in [2.75, 3.05) is 0 Å². The van der Waals surface area contributed by atoms with Gasteiger partial charge in [-0.15, -0.1) is 0 Å². The number of carbonyl (C=O) groups is 1. The number of rotatable bonds is 1. The van der Waals surface area contributed by atoms with Crippen LogP contribution in [0, 0.1) is 5.92 Å². The Morgan fingerprint density at radius 3 is 2.45 bits per heavy atom. The van der Waals surface area contributed by atoms with Crippen LogP contribution in [-0.2, 0) is 4.79 Å². The van der Waals surface area contributed by atoms with Gasteiger partial charge in [0.05, 0.1) is 0 Å². The molecule has 0 fully saturated rings. The van der Waals surface area contributed by atoms with E-state index in [1.165, 1.54) is 12.2 Å². The summed E-state index contributed by atoms with van der Waals surface area (Å²) in [6.45, 7) is 0. The van der Waals surface area contributed by atoms with E-state index < -0.39 is 17.1 Å². The lowest BCUT2D eigenvalue weighted by Crippen LogP contribution is -2.30. The van der Waals surface area contributed by atoms with Gasteiger partial charge in [0.2, 0.25) is 5.24 Å². The minimum atomic E-state index is -3.13. The molecule has 0 radical (unpaired) electrons. The third-order valence-corrected chi connectivity index (χ3v) is 1.63. The van der Waals surface area contributed by atoms with E-state index >= 15 is 0 Å². The molecule has 0 aromatic carbocycles. The van der Waals surface area contributed by atoms with Gasteiger partial charge in [-0.2, -0.15) is 0 Å². The summed E-state index contributed by atoms with van der Waals surface area (Å²) in [7, 11) is 0. The Hall–Kier alpha value is -0.700. The number of hydrogen-bond acceptors (Lipinski definition) is 1. The van der Waals surface area contributed by atoms with Gasteiger partial charge in [-0.05, 0) is 17.7 Å². The molecule has 1 atom stereocenters. The molecule has 1 aliphatic rings. The average Bonchev–Trinajstić information content (AvgIpc) is 1.85. The van der Waals surface area contributed by atoms with Gasteiger partial charge in [0, 0.05) is 0 Å². The lowest BCUT2D eigenvalue weighted by Gasteiger charge is -2.19. The van der Waals surface area contributed by atoms with Gasteiger partial charge in [0.15, 0.2) is 0 Å². The van der Waals surface area contributed by atoms with Gasteiger partial charge in [-0.25, -0.2) is 8.78 Å². The second-order valence-corrected chi connectivity index (χ2v) is 2.57. The third-order valence-electron chi connectivity index (χ3n) is 1.39. The number of allylic oxidation sites excluding steroid dienone is 4.